The van der Waals surface area contributed by atoms with Crippen LogP contribution in [0.1, 0.15) is 17.0 Å². The van der Waals surface area contributed by atoms with Crippen molar-refractivity contribution in [3.8, 4) is 0 Å². The van der Waals surface area contributed by atoms with Crippen LogP contribution >= 0.6 is 0 Å². The Morgan fingerprint density at radius 3 is 2.50 bits per heavy atom. The van der Waals surface area contributed by atoms with Gasteiger partial charge in [0, 0.05) is 24.3 Å². The van der Waals surface area contributed by atoms with E-state index in [2.05, 4.69) is 10.6 Å². The summed E-state index contributed by atoms with van der Waals surface area (Å²) in [5.74, 6) is -0.287. The van der Waals surface area contributed by atoms with E-state index in [1.54, 1.807) is 36.4 Å². The van der Waals surface area contributed by atoms with E-state index in [0.717, 1.165) is 0 Å². The molecule has 1 aromatic carbocycles. The van der Waals surface area contributed by atoms with Crippen LogP contribution in [0.5, 0.6) is 0 Å². The molecule has 1 heterocycles. The highest BCUT2D eigenvalue weighted by Crippen LogP contribution is 2.16. The number of hydrogen-bond acceptors (Lipinski definition) is 4. The minimum absolute atomic E-state index is 0.165. The van der Waals surface area contributed by atoms with Crippen molar-refractivity contribution in [1.82, 2.24) is 0 Å². The maximum Gasteiger partial charge on any atom is 0.291 e. The highest BCUT2D eigenvalue weighted by Gasteiger charge is 2.09. The molecule has 2 rings (SSSR count). The third-order valence-corrected chi connectivity index (χ3v) is 2.52. The molecule has 0 aliphatic carbocycles. The van der Waals surface area contributed by atoms with Crippen molar-refractivity contribution in [2.45, 2.75) is 6.42 Å². The predicted molar refractivity (Wildman–Crippen MR) is 75.4 cm³/mol. The van der Waals surface area contributed by atoms with Crippen molar-refractivity contribution in [2.75, 3.05) is 17.2 Å². The first-order chi connectivity index (χ1) is 9.69. The quantitative estimate of drug-likeness (QED) is 0.774. The van der Waals surface area contributed by atoms with Crippen molar-refractivity contribution in [3.05, 3.63) is 48.4 Å². The molecule has 0 fully saturated rings. The fraction of sp³-hybridized carbons (Fsp3) is 0.143. The molecule has 4 N–H and O–H groups in total. The minimum Gasteiger partial charge on any atom is -0.459 e. The molecule has 1 aromatic heterocycles. The molecular weight excluding hydrogens is 258 g/mol. The van der Waals surface area contributed by atoms with E-state index in [9.17, 15) is 9.59 Å². The van der Waals surface area contributed by atoms with Gasteiger partial charge in [0.1, 0.15) is 0 Å². The van der Waals surface area contributed by atoms with Crippen LogP contribution in [0.4, 0.5) is 11.4 Å². The molecule has 0 radical (unpaired) electrons. The largest absolute Gasteiger partial charge is 0.459 e. The number of carbonyl (C=O) groups excluding carboxylic acids is 2. The summed E-state index contributed by atoms with van der Waals surface area (Å²) in [7, 11) is 0. The SMILES string of the molecule is NCCC(=O)Nc1cccc(NC(=O)c2ccco2)c1. The Bertz CT molecular complexity index is 593. The Morgan fingerprint density at radius 1 is 1.10 bits per heavy atom. The average molecular weight is 273 g/mol. The van der Waals surface area contributed by atoms with Gasteiger partial charge in [-0.05, 0) is 30.3 Å². The zero-order valence-electron chi connectivity index (χ0n) is 10.8. The summed E-state index contributed by atoms with van der Waals surface area (Å²) in [4.78, 5) is 23.2. The standard InChI is InChI=1S/C14H15N3O3/c15-7-6-13(18)16-10-3-1-4-11(9-10)17-14(19)12-5-2-8-20-12/h1-5,8-9H,6-7,15H2,(H,16,18)(H,17,19). The molecule has 0 atom stereocenters. The minimum atomic E-state index is -0.347. The van der Waals surface area contributed by atoms with Crippen LogP contribution < -0.4 is 16.4 Å². The van der Waals surface area contributed by atoms with Crippen LogP contribution in [0.15, 0.2) is 47.1 Å². The summed E-state index contributed by atoms with van der Waals surface area (Å²) in [6, 6.07) is 10.1. The second-order valence-electron chi connectivity index (χ2n) is 4.10. The van der Waals surface area contributed by atoms with E-state index in [-0.39, 0.29) is 24.0 Å². The molecule has 0 spiro atoms. The Hall–Kier alpha value is -2.60. The van der Waals surface area contributed by atoms with Crippen LogP contribution in [0, 0.1) is 0 Å². The van der Waals surface area contributed by atoms with Gasteiger partial charge in [-0.25, -0.2) is 0 Å². The van der Waals surface area contributed by atoms with Gasteiger partial charge in [-0.1, -0.05) is 6.07 Å². The fourth-order valence-electron chi connectivity index (χ4n) is 1.63. The zero-order chi connectivity index (χ0) is 14.4. The molecule has 0 unspecified atom stereocenters. The molecule has 20 heavy (non-hydrogen) atoms. The second-order valence-corrected chi connectivity index (χ2v) is 4.10. The first-order valence-corrected chi connectivity index (χ1v) is 6.14. The maximum absolute atomic E-state index is 11.8. The van der Waals surface area contributed by atoms with Crippen LogP contribution in [-0.4, -0.2) is 18.4 Å². The lowest BCUT2D eigenvalue weighted by Gasteiger charge is -2.07. The zero-order valence-corrected chi connectivity index (χ0v) is 10.8. The Balaban J connectivity index is 2.02. The molecule has 0 aliphatic heterocycles. The molecule has 6 heteroatoms. The normalized spacial score (nSPS) is 10.1. The fourth-order valence-corrected chi connectivity index (χ4v) is 1.63. The third-order valence-electron chi connectivity index (χ3n) is 2.52. The van der Waals surface area contributed by atoms with Gasteiger partial charge in [0.25, 0.3) is 5.91 Å². The number of nitrogens with one attached hydrogen (secondary N) is 2. The molecule has 2 aromatic rings. The number of rotatable bonds is 5. The summed E-state index contributed by atoms with van der Waals surface area (Å²) in [6.07, 6.45) is 1.68. The molecule has 104 valence electrons. The molecule has 0 saturated heterocycles. The van der Waals surface area contributed by atoms with Gasteiger partial charge in [-0.15, -0.1) is 0 Å². The van der Waals surface area contributed by atoms with Gasteiger partial charge in [0.05, 0.1) is 6.26 Å². The Kier molecular flexibility index (Phi) is 4.52. The van der Waals surface area contributed by atoms with Gasteiger partial charge < -0.3 is 20.8 Å². The van der Waals surface area contributed by atoms with Crippen LogP contribution in [0.2, 0.25) is 0 Å². The monoisotopic (exact) mass is 273 g/mol. The van der Waals surface area contributed by atoms with E-state index in [4.69, 9.17) is 10.2 Å². The van der Waals surface area contributed by atoms with Crippen LogP contribution in [0.25, 0.3) is 0 Å². The Labute approximate surface area is 116 Å². The van der Waals surface area contributed by atoms with E-state index >= 15 is 0 Å². The molecule has 0 bridgehead atoms. The van der Waals surface area contributed by atoms with Crippen LogP contribution in [-0.2, 0) is 4.79 Å². The topological polar surface area (TPSA) is 97.4 Å². The van der Waals surface area contributed by atoms with Crippen molar-refractivity contribution < 1.29 is 14.0 Å². The molecule has 0 aliphatic rings. The van der Waals surface area contributed by atoms with E-state index in [0.29, 0.717) is 17.9 Å². The molecule has 0 saturated carbocycles. The Morgan fingerprint density at radius 2 is 1.85 bits per heavy atom. The van der Waals surface area contributed by atoms with Crippen molar-refractivity contribution in [3.63, 3.8) is 0 Å². The van der Waals surface area contributed by atoms with Gasteiger partial charge in [0.2, 0.25) is 5.91 Å². The van der Waals surface area contributed by atoms with Crippen LogP contribution in [0.3, 0.4) is 0 Å². The number of benzene rings is 1. The van der Waals surface area contributed by atoms with E-state index in [1.165, 1.54) is 6.26 Å². The predicted octanol–water partition coefficient (Wildman–Crippen LogP) is 1.82. The summed E-state index contributed by atoms with van der Waals surface area (Å²) in [5, 5.41) is 5.38. The van der Waals surface area contributed by atoms with Crippen molar-refractivity contribution in [2.24, 2.45) is 5.73 Å². The molecule has 2 amide bonds. The molecular formula is C14H15N3O3. The highest BCUT2D eigenvalue weighted by molar-refractivity contribution is 6.02. The summed E-state index contributed by atoms with van der Waals surface area (Å²) >= 11 is 0. The smallest absolute Gasteiger partial charge is 0.291 e. The number of carbonyl (C=O) groups is 2. The number of amides is 2. The number of hydrogen-bond donors (Lipinski definition) is 3. The first-order valence-electron chi connectivity index (χ1n) is 6.14. The first kappa shape index (κ1) is 13.8. The number of nitrogens with two attached hydrogens (primary N) is 1. The lowest BCUT2D eigenvalue weighted by molar-refractivity contribution is -0.116. The van der Waals surface area contributed by atoms with Gasteiger partial charge in [-0.3, -0.25) is 9.59 Å². The summed E-state index contributed by atoms with van der Waals surface area (Å²) in [6.45, 7) is 0.292. The van der Waals surface area contributed by atoms with E-state index < -0.39 is 0 Å². The van der Waals surface area contributed by atoms with Gasteiger partial charge in [-0.2, -0.15) is 0 Å². The van der Waals surface area contributed by atoms with E-state index in [1.807, 2.05) is 0 Å². The highest BCUT2D eigenvalue weighted by atomic mass is 16.3. The lowest BCUT2D eigenvalue weighted by Crippen LogP contribution is -2.16. The average Bonchev–Trinajstić information content (AvgIpc) is 2.93. The third kappa shape index (κ3) is 3.69. The maximum atomic E-state index is 11.8. The number of anilines is 2. The molecule has 6 nitrogen and oxygen atoms in total. The van der Waals surface area contributed by atoms with Gasteiger partial charge >= 0.3 is 0 Å². The summed E-state index contributed by atoms with van der Waals surface area (Å²) in [5.41, 5.74) is 6.47. The second kappa shape index (κ2) is 6.53. The summed E-state index contributed by atoms with van der Waals surface area (Å²) < 4.78 is 5.00. The van der Waals surface area contributed by atoms with Crippen molar-refractivity contribution >= 4 is 23.2 Å². The number of furan rings is 1. The van der Waals surface area contributed by atoms with Crippen molar-refractivity contribution in [1.29, 1.82) is 0 Å². The van der Waals surface area contributed by atoms with Gasteiger partial charge in [0.15, 0.2) is 5.76 Å². The lowest BCUT2D eigenvalue weighted by atomic mass is 10.2.